The van der Waals surface area contributed by atoms with Crippen LogP contribution in [0.2, 0.25) is 0 Å². The van der Waals surface area contributed by atoms with E-state index in [-0.39, 0.29) is 52.4 Å². The van der Waals surface area contributed by atoms with Crippen molar-refractivity contribution in [1.82, 2.24) is 10.6 Å². The van der Waals surface area contributed by atoms with E-state index in [0.29, 0.717) is 45.1 Å². The van der Waals surface area contributed by atoms with Crippen LogP contribution in [0, 0.1) is 22.6 Å². The van der Waals surface area contributed by atoms with Gasteiger partial charge in [-0.1, -0.05) is 27.2 Å². The standard InChI is InChI=1S/C32H49FN2O6/c1-9-31(5,6)19-34-27(36)21-11-10-12-24(21)35-28(37)22-17-26(23(33)18-25(22)39-8)40-20-13-15-32(7,16-14-20)29(38)41-30(2,3)4/h17-18,20-21,24H,9-16,19H2,1-8H3,(H,34,36)(H,35,37)/t20-,21-,24+,32+/m0/s1. The Balaban J connectivity index is 1.67. The first-order valence-electron chi connectivity index (χ1n) is 14.9. The zero-order valence-electron chi connectivity index (χ0n) is 26.1. The van der Waals surface area contributed by atoms with E-state index in [1.807, 2.05) is 27.7 Å². The number of halogens is 1. The van der Waals surface area contributed by atoms with Gasteiger partial charge in [0.05, 0.1) is 30.1 Å². The van der Waals surface area contributed by atoms with Crippen LogP contribution in [0.5, 0.6) is 11.5 Å². The van der Waals surface area contributed by atoms with Gasteiger partial charge < -0.3 is 24.8 Å². The molecule has 2 saturated carbocycles. The van der Waals surface area contributed by atoms with E-state index in [0.717, 1.165) is 18.9 Å². The lowest BCUT2D eigenvalue weighted by atomic mass is 9.74. The number of ether oxygens (including phenoxy) is 3. The molecule has 2 aliphatic rings. The van der Waals surface area contributed by atoms with Gasteiger partial charge in [-0.25, -0.2) is 4.39 Å². The van der Waals surface area contributed by atoms with E-state index in [1.54, 1.807) is 0 Å². The number of esters is 1. The molecule has 0 aliphatic heterocycles. The Hall–Kier alpha value is -2.84. The van der Waals surface area contributed by atoms with Crippen LogP contribution in [-0.2, 0) is 14.3 Å². The topological polar surface area (TPSA) is 103 Å². The predicted molar refractivity (Wildman–Crippen MR) is 155 cm³/mol. The number of methoxy groups -OCH3 is 1. The highest BCUT2D eigenvalue weighted by Crippen LogP contribution is 2.40. The molecular weight excluding hydrogens is 527 g/mol. The molecule has 2 N–H and O–H groups in total. The number of hydrogen-bond donors (Lipinski definition) is 2. The Labute approximate surface area is 244 Å². The van der Waals surface area contributed by atoms with Crippen molar-refractivity contribution in [2.24, 2.45) is 16.7 Å². The van der Waals surface area contributed by atoms with Crippen LogP contribution in [0.15, 0.2) is 12.1 Å². The van der Waals surface area contributed by atoms with E-state index in [1.165, 1.54) is 13.2 Å². The molecule has 2 amide bonds. The van der Waals surface area contributed by atoms with E-state index in [2.05, 4.69) is 31.4 Å². The number of carbonyl (C=O) groups excluding carboxylic acids is 3. The third-order valence-corrected chi connectivity index (χ3v) is 8.59. The highest BCUT2D eigenvalue weighted by atomic mass is 19.1. The average molecular weight is 577 g/mol. The van der Waals surface area contributed by atoms with E-state index in [4.69, 9.17) is 14.2 Å². The second-order valence-corrected chi connectivity index (χ2v) is 13.7. The van der Waals surface area contributed by atoms with Crippen molar-refractivity contribution < 1.29 is 33.0 Å². The van der Waals surface area contributed by atoms with Crippen LogP contribution in [-0.4, -0.2) is 49.2 Å². The van der Waals surface area contributed by atoms with Gasteiger partial charge in [0.2, 0.25) is 5.91 Å². The van der Waals surface area contributed by atoms with Crippen LogP contribution >= 0.6 is 0 Å². The second kappa shape index (κ2) is 13.0. The summed E-state index contributed by atoms with van der Waals surface area (Å²) in [4.78, 5) is 39.1. The molecule has 0 aromatic heterocycles. The fraction of sp³-hybridized carbons (Fsp3) is 0.719. The molecule has 8 nitrogen and oxygen atoms in total. The maximum atomic E-state index is 15.0. The predicted octanol–water partition coefficient (Wildman–Crippen LogP) is 5.95. The summed E-state index contributed by atoms with van der Waals surface area (Å²) in [5, 5.41) is 6.05. The summed E-state index contributed by atoms with van der Waals surface area (Å²) in [5.41, 5.74) is -1.04. The quantitative estimate of drug-likeness (QED) is 0.334. The number of nitrogens with one attached hydrogen (secondary N) is 2. The van der Waals surface area contributed by atoms with Gasteiger partial charge in [-0.05, 0) is 84.1 Å². The van der Waals surface area contributed by atoms with Gasteiger partial charge in [0, 0.05) is 18.7 Å². The molecule has 1 aromatic rings. The SMILES string of the molecule is CCC(C)(C)CNC(=O)[C@H]1CCC[C@H]1NC(=O)c1cc(O[C@H]2CC[C@@](C)(C(=O)OC(C)(C)C)CC2)c(F)cc1OC. The van der Waals surface area contributed by atoms with Gasteiger partial charge in [-0.15, -0.1) is 0 Å². The van der Waals surface area contributed by atoms with Crippen LogP contribution < -0.4 is 20.1 Å². The van der Waals surface area contributed by atoms with Crippen LogP contribution in [0.4, 0.5) is 4.39 Å². The number of rotatable bonds is 10. The Morgan fingerprint density at radius 1 is 1.02 bits per heavy atom. The van der Waals surface area contributed by atoms with Crippen molar-refractivity contribution in [3.05, 3.63) is 23.5 Å². The first-order chi connectivity index (χ1) is 19.1. The van der Waals surface area contributed by atoms with Crippen molar-refractivity contribution in [2.75, 3.05) is 13.7 Å². The Morgan fingerprint density at radius 3 is 2.27 bits per heavy atom. The van der Waals surface area contributed by atoms with E-state index in [9.17, 15) is 14.4 Å². The third kappa shape index (κ3) is 8.58. The molecule has 41 heavy (non-hydrogen) atoms. The number of amides is 2. The Morgan fingerprint density at radius 2 is 1.68 bits per heavy atom. The molecule has 0 unspecified atom stereocenters. The van der Waals surface area contributed by atoms with Gasteiger partial charge in [-0.2, -0.15) is 0 Å². The summed E-state index contributed by atoms with van der Waals surface area (Å²) >= 11 is 0. The van der Waals surface area contributed by atoms with Gasteiger partial charge in [-0.3, -0.25) is 14.4 Å². The van der Waals surface area contributed by atoms with Gasteiger partial charge in [0.25, 0.3) is 5.91 Å². The minimum atomic E-state index is -0.629. The maximum Gasteiger partial charge on any atom is 0.312 e. The van der Waals surface area contributed by atoms with E-state index >= 15 is 4.39 Å². The highest BCUT2D eigenvalue weighted by Gasteiger charge is 2.41. The largest absolute Gasteiger partial charge is 0.496 e. The maximum absolute atomic E-state index is 15.0. The van der Waals surface area contributed by atoms with Gasteiger partial charge in [0.1, 0.15) is 11.4 Å². The zero-order valence-corrected chi connectivity index (χ0v) is 26.1. The lowest BCUT2D eigenvalue weighted by Crippen LogP contribution is -2.45. The molecule has 0 spiro atoms. The fourth-order valence-electron chi connectivity index (χ4n) is 5.38. The molecule has 0 heterocycles. The number of benzene rings is 1. The fourth-order valence-corrected chi connectivity index (χ4v) is 5.38. The molecule has 1 aromatic carbocycles. The minimum Gasteiger partial charge on any atom is -0.496 e. The van der Waals surface area contributed by atoms with Crippen molar-refractivity contribution in [3.63, 3.8) is 0 Å². The second-order valence-electron chi connectivity index (χ2n) is 13.7. The first-order valence-corrected chi connectivity index (χ1v) is 14.9. The molecule has 0 bridgehead atoms. The molecule has 2 atom stereocenters. The van der Waals surface area contributed by atoms with Crippen molar-refractivity contribution in [2.45, 2.75) is 118 Å². The molecule has 0 saturated heterocycles. The molecule has 0 radical (unpaired) electrons. The highest BCUT2D eigenvalue weighted by molar-refractivity contribution is 5.98. The van der Waals surface area contributed by atoms with Gasteiger partial charge >= 0.3 is 5.97 Å². The third-order valence-electron chi connectivity index (χ3n) is 8.59. The van der Waals surface area contributed by atoms with Gasteiger partial charge in [0.15, 0.2) is 11.6 Å². The number of hydrogen-bond acceptors (Lipinski definition) is 6. The normalized spacial score (nSPS) is 24.9. The molecule has 2 aliphatic carbocycles. The van der Waals surface area contributed by atoms with Crippen LogP contribution in [0.25, 0.3) is 0 Å². The molecule has 230 valence electrons. The summed E-state index contributed by atoms with van der Waals surface area (Å²) in [7, 11) is 1.38. The average Bonchev–Trinajstić information content (AvgIpc) is 3.36. The molecule has 9 heteroatoms. The summed E-state index contributed by atoms with van der Waals surface area (Å²) in [6.45, 7) is 14.3. The van der Waals surface area contributed by atoms with Crippen LogP contribution in [0.3, 0.4) is 0 Å². The summed E-state index contributed by atoms with van der Waals surface area (Å²) < 4.78 is 32.0. The minimum absolute atomic E-state index is 0.00240. The van der Waals surface area contributed by atoms with Crippen LogP contribution in [0.1, 0.15) is 110 Å². The smallest absolute Gasteiger partial charge is 0.312 e. The first kappa shape index (κ1) is 32.7. The Bertz CT molecular complexity index is 1100. The molecule has 3 rings (SSSR count). The summed E-state index contributed by atoms with van der Waals surface area (Å²) in [6.07, 6.45) is 5.06. The lowest BCUT2D eigenvalue weighted by molar-refractivity contribution is -0.169. The van der Waals surface area contributed by atoms with Crippen molar-refractivity contribution in [1.29, 1.82) is 0 Å². The van der Waals surface area contributed by atoms with Crippen molar-refractivity contribution >= 4 is 17.8 Å². The molecular formula is C32H49FN2O6. The number of carbonyl (C=O) groups is 3. The monoisotopic (exact) mass is 576 g/mol. The zero-order chi connectivity index (χ0) is 30.6. The molecule has 2 fully saturated rings. The summed E-state index contributed by atoms with van der Waals surface area (Å²) in [5.74, 6) is -1.62. The lowest BCUT2D eigenvalue weighted by Gasteiger charge is -2.37. The van der Waals surface area contributed by atoms with E-state index < -0.39 is 22.7 Å². The van der Waals surface area contributed by atoms with Crippen molar-refractivity contribution in [3.8, 4) is 11.5 Å². The summed E-state index contributed by atoms with van der Waals surface area (Å²) in [6, 6.07) is 2.21. The Kier molecular flexibility index (Phi) is 10.4.